The molecule has 3 heterocycles. The van der Waals surface area contributed by atoms with Crippen molar-refractivity contribution in [3.63, 3.8) is 0 Å². The molecule has 4 rings (SSSR count). The van der Waals surface area contributed by atoms with Crippen LogP contribution in [0.4, 0.5) is 10.6 Å². The van der Waals surface area contributed by atoms with E-state index in [2.05, 4.69) is 20.4 Å². The van der Waals surface area contributed by atoms with Crippen LogP contribution < -0.4 is 10.2 Å². The summed E-state index contributed by atoms with van der Waals surface area (Å²) in [6, 6.07) is 13.8. The first kappa shape index (κ1) is 18.2. The van der Waals surface area contributed by atoms with Gasteiger partial charge in [0.1, 0.15) is 11.4 Å². The normalized spacial score (nSPS) is 17.1. The van der Waals surface area contributed by atoms with Crippen molar-refractivity contribution in [3.05, 3.63) is 42.5 Å². The SMILES string of the molecule is CC(C)(C)OC(=O)N[C@H]1CCN(c2ccc3nnc(-c4ccccc4)n3n2)C1. The van der Waals surface area contributed by atoms with E-state index in [4.69, 9.17) is 9.84 Å². The van der Waals surface area contributed by atoms with Crippen LogP contribution in [0.1, 0.15) is 27.2 Å². The summed E-state index contributed by atoms with van der Waals surface area (Å²) in [5.74, 6) is 1.54. The monoisotopic (exact) mass is 380 g/mol. The number of hydrogen-bond acceptors (Lipinski definition) is 6. The minimum Gasteiger partial charge on any atom is -0.444 e. The molecule has 1 N–H and O–H groups in total. The summed E-state index contributed by atoms with van der Waals surface area (Å²) in [6.07, 6.45) is 0.458. The van der Waals surface area contributed by atoms with Crippen molar-refractivity contribution in [2.45, 2.75) is 38.8 Å². The van der Waals surface area contributed by atoms with Crippen LogP contribution in [0.15, 0.2) is 42.5 Å². The highest BCUT2D eigenvalue weighted by Gasteiger charge is 2.27. The van der Waals surface area contributed by atoms with Crippen LogP contribution in [0.5, 0.6) is 0 Å². The largest absolute Gasteiger partial charge is 0.444 e. The van der Waals surface area contributed by atoms with Gasteiger partial charge in [-0.1, -0.05) is 30.3 Å². The number of amides is 1. The van der Waals surface area contributed by atoms with E-state index >= 15 is 0 Å². The van der Waals surface area contributed by atoms with Crippen molar-refractivity contribution >= 4 is 17.6 Å². The van der Waals surface area contributed by atoms with Crippen molar-refractivity contribution in [2.24, 2.45) is 0 Å². The van der Waals surface area contributed by atoms with Crippen molar-refractivity contribution < 1.29 is 9.53 Å². The number of nitrogens with one attached hydrogen (secondary N) is 1. The lowest BCUT2D eigenvalue weighted by Crippen LogP contribution is -2.40. The minimum atomic E-state index is -0.503. The first-order valence-electron chi connectivity index (χ1n) is 9.41. The Bertz CT molecular complexity index is 979. The van der Waals surface area contributed by atoms with Gasteiger partial charge in [0, 0.05) is 18.7 Å². The molecule has 0 aliphatic carbocycles. The summed E-state index contributed by atoms with van der Waals surface area (Å²) in [4.78, 5) is 14.2. The Kier molecular flexibility index (Phi) is 4.62. The number of carbonyl (C=O) groups excluding carboxylic acids is 1. The molecular weight excluding hydrogens is 356 g/mol. The molecule has 0 bridgehead atoms. The standard InChI is InChI=1S/C20H24N6O2/c1-20(2,3)28-19(27)21-15-11-12-25(13-15)17-10-9-16-22-23-18(26(16)24-17)14-7-5-4-6-8-14/h4-10,15H,11-13H2,1-3H3,(H,21,27)/t15-/m0/s1. The number of ether oxygens (including phenoxy) is 1. The summed E-state index contributed by atoms with van der Waals surface area (Å²) in [5.41, 5.74) is 1.16. The molecule has 28 heavy (non-hydrogen) atoms. The molecule has 0 spiro atoms. The van der Waals surface area contributed by atoms with E-state index in [1.54, 1.807) is 4.52 Å². The van der Waals surface area contributed by atoms with Gasteiger partial charge in [-0.15, -0.1) is 15.3 Å². The molecule has 2 aromatic heterocycles. The highest BCUT2D eigenvalue weighted by atomic mass is 16.6. The van der Waals surface area contributed by atoms with Crippen LogP contribution in [-0.4, -0.2) is 50.6 Å². The Morgan fingerprint density at radius 1 is 1.14 bits per heavy atom. The molecule has 0 unspecified atom stereocenters. The van der Waals surface area contributed by atoms with Crippen molar-refractivity contribution in [2.75, 3.05) is 18.0 Å². The first-order valence-corrected chi connectivity index (χ1v) is 9.41. The fourth-order valence-electron chi connectivity index (χ4n) is 3.28. The molecule has 1 saturated heterocycles. The fraction of sp³-hybridized carbons (Fsp3) is 0.400. The highest BCUT2D eigenvalue weighted by molar-refractivity contribution is 5.68. The average Bonchev–Trinajstić information content (AvgIpc) is 3.27. The maximum atomic E-state index is 12.0. The van der Waals surface area contributed by atoms with Gasteiger partial charge in [0.05, 0.1) is 6.04 Å². The third-order valence-corrected chi connectivity index (χ3v) is 4.51. The van der Waals surface area contributed by atoms with Gasteiger partial charge in [0.15, 0.2) is 11.5 Å². The van der Waals surface area contributed by atoms with Gasteiger partial charge in [-0.3, -0.25) is 0 Å². The number of nitrogens with zero attached hydrogens (tertiary/aromatic N) is 5. The Hall–Kier alpha value is -3.16. The topological polar surface area (TPSA) is 84.6 Å². The van der Waals surface area contributed by atoms with E-state index in [1.807, 2.05) is 63.2 Å². The number of carbonyl (C=O) groups is 1. The Balaban J connectivity index is 1.50. The van der Waals surface area contributed by atoms with Crippen LogP contribution in [0, 0.1) is 0 Å². The second-order valence-electron chi connectivity index (χ2n) is 7.93. The van der Waals surface area contributed by atoms with E-state index in [0.717, 1.165) is 24.3 Å². The molecule has 1 fully saturated rings. The van der Waals surface area contributed by atoms with Gasteiger partial charge in [-0.05, 0) is 39.3 Å². The summed E-state index contributed by atoms with van der Waals surface area (Å²) in [5, 5.41) is 16.2. The summed E-state index contributed by atoms with van der Waals surface area (Å²) in [6.45, 7) is 7.06. The van der Waals surface area contributed by atoms with Gasteiger partial charge in [-0.2, -0.15) is 4.52 Å². The third-order valence-electron chi connectivity index (χ3n) is 4.51. The second-order valence-corrected chi connectivity index (χ2v) is 7.93. The van der Waals surface area contributed by atoms with E-state index in [9.17, 15) is 4.79 Å². The quantitative estimate of drug-likeness (QED) is 0.752. The molecular formula is C20H24N6O2. The van der Waals surface area contributed by atoms with Crippen LogP contribution in [0.25, 0.3) is 17.0 Å². The Morgan fingerprint density at radius 3 is 2.68 bits per heavy atom. The smallest absolute Gasteiger partial charge is 0.407 e. The zero-order chi connectivity index (χ0) is 19.7. The number of alkyl carbamates (subject to hydrolysis) is 1. The van der Waals surface area contributed by atoms with Gasteiger partial charge in [-0.25, -0.2) is 4.79 Å². The zero-order valence-corrected chi connectivity index (χ0v) is 16.3. The van der Waals surface area contributed by atoms with Gasteiger partial charge >= 0.3 is 6.09 Å². The lowest BCUT2D eigenvalue weighted by Gasteiger charge is -2.22. The fourth-order valence-corrected chi connectivity index (χ4v) is 3.28. The number of rotatable bonds is 3. The van der Waals surface area contributed by atoms with Crippen molar-refractivity contribution in [1.82, 2.24) is 25.1 Å². The van der Waals surface area contributed by atoms with Crippen LogP contribution in [-0.2, 0) is 4.74 Å². The summed E-state index contributed by atoms with van der Waals surface area (Å²) < 4.78 is 7.11. The van der Waals surface area contributed by atoms with Crippen LogP contribution >= 0.6 is 0 Å². The van der Waals surface area contributed by atoms with Gasteiger partial charge in [0.25, 0.3) is 0 Å². The average molecular weight is 380 g/mol. The molecule has 8 heteroatoms. The zero-order valence-electron chi connectivity index (χ0n) is 16.3. The van der Waals surface area contributed by atoms with E-state index in [1.165, 1.54) is 0 Å². The molecule has 146 valence electrons. The van der Waals surface area contributed by atoms with Crippen molar-refractivity contribution in [1.29, 1.82) is 0 Å². The number of fused-ring (bicyclic) bond motifs is 1. The number of anilines is 1. The second kappa shape index (κ2) is 7.10. The number of hydrogen-bond donors (Lipinski definition) is 1. The molecule has 0 radical (unpaired) electrons. The molecule has 3 aromatic rings. The lowest BCUT2D eigenvalue weighted by molar-refractivity contribution is 0.0509. The maximum absolute atomic E-state index is 12.0. The lowest BCUT2D eigenvalue weighted by atomic mass is 10.2. The summed E-state index contributed by atoms with van der Waals surface area (Å²) in [7, 11) is 0. The van der Waals surface area contributed by atoms with Crippen LogP contribution in [0.2, 0.25) is 0 Å². The predicted octanol–water partition coefficient (Wildman–Crippen LogP) is 2.89. The van der Waals surface area contributed by atoms with Gasteiger partial charge in [0.2, 0.25) is 0 Å². The molecule has 0 saturated carbocycles. The van der Waals surface area contributed by atoms with Gasteiger partial charge < -0.3 is 15.0 Å². The predicted molar refractivity (Wildman–Crippen MR) is 106 cm³/mol. The molecule has 1 aromatic carbocycles. The minimum absolute atomic E-state index is 0.0295. The van der Waals surface area contributed by atoms with Crippen molar-refractivity contribution in [3.8, 4) is 11.4 Å². The molecule has 1 atom stereocenters. The Morgan fingerprint density at radius 2 is 1.93 bits per heavy atom. The first-order chi connectivity index (χ1) is 13.4. The molecule has 1 amide bonds. The van der Waals surface area contributed by atoms with Crippen LogP contribution in [0.3, 0.4) is 0 Å². The molecule has 8 nitrogen and oxygen atoms in total. The highest BCUT2D eigenvalue weighted by Crippen LogP contribution is 2.22. The van der Waals surface area contributed by atoms with E-state index < -0.39 is 5.60 Å². The number of benzene rings is 1. The number of aromatic nitrogens is 4. The van der Waals surface area contributed by atoms with E-state index in [-0.39, 0.29) is 12.1 Å². The molecule has 1 aliphatic heterocycles. The summed E-state index contributed by atoms with van der Waals surface area (Å²) >= 11 is 0. The Labute approximate surface area is 163 Å². The molecule has 1 aliphatic rings. The van der Waals surface area contributed by atoms with E-state index in [0.29, 0.717) is 18.0 Å². The third kappa shape index (κ3) is 3.90. The maximum Gasteiger partial charge on any atom is 0.407 e.